The smallest absolute Gasteiger partial charge is 0.251 e. The summed E-state index contributed by atoms with van der Waals surface area (Å²) < 4.78 is 12.3. The average molecular weight is 1230 g/mol. The number of fused-ring (bicyclic) bond motifs is 2. The van der Waals surface area contributed by atoms with Gasteiger partial charge in [-0.3, -0.25) is 33.6 Å². The maximum atomic E-state index is 14.8. The van der Waals surface area contributed by atoms with Crippen molar-refractivity contribution in [2.24, 2.45) is 5.92 Å². The number of ether oxygens (including phenoxy) is 2. The van der Waals surface area contributed by atoms with Crippen molar-refractivity contribution in [1.29, 1.82) is 0 Å². The number of amides is 7. The Morgan fingerprint density at radius 2 is 1.23 bits per heavy atom. The van der Waals surface area contributed by atoms with Crippen LogP contribution in [0.1, 0.15) is 83.0 Å². The van der Waals surface area contributed by atoms with Gasteiger partial charge < -0.3 is 91.2 Å². The van der Waals surface area contributed by atoms with Gasteiger partial charge in [0.05, 0.1) is 64.5 Å². The monoisotopic (exact) mass is 1230 g/mol. The summed E-state index contributed by atoms with van der Waals surface area (Å²) in [7, 11) is 5.53. The quantitative estimate of drug-likeness (QED) is 0.0584. The number of allylic oxidation sites excluding steroid dienone is 3. The number of rotatable bonds is 18. The van der Waals surface area contributed by atoms with Crippen LogP contribution in [-0.2, 0) is 33.5 Å². The van der Waals surface area contributed by atoms with Crippen LogP contribution >= 0.6 is 0 Å². The summed E-state index contributed by atoms with van der Waals surface area (Å²) in [5.41, 5.74) is 3.67. The van der Waals surface area contributed by atoms with Crippen LogP contribution < -0.4 is 31.3 Å². The van der Waals surface area contributed by atoms with Gasteiger partial charge in [-0.05, 0) is 84.9 Å². The highest BCUT2D eigenvalue weighted by atomic mass is 16.5. The second kappa shape index (κ2) is 30.3. The van der Waals surface area contributed by atoms with E-state index in [-0.39, 0.29) is 42.9 Å². The van der Waals surface area contributed by atoms with Gasteiger partial charge in [0.25, 0.3) is 5.91 Å². The van der Waals surface area contributed by atoms with Gasteiger partial charge in [-0.25, -0.2) is 0 Å². The van der Waals surface area contributed by atoms with E-state index in [1.807, 2.05) is 69.7 Å². The van der Waals surface area contributed by atoms with Crippen molar-refractivity contribution in [2.75, 3.05) is 54.0 Å². The third-order valence-corrected chi connectivity index (χ3v) is 16.4. The Bertz CT molecular complexity index is 2990. The van der Waals surface area contributed by atoms with Gasteiger partial charge in [-0.2, -0.15) is 0 Å². The fourth-order valence-electron chi connectivity index (χ4n) is 11.1. The minimum absolute atomic E-state index is 0.000375. The van der Waals surface area contributed by atoms with E-state index in [1.165, 1.54) is 31.2 Å². The van der Waals surface area contributed by atoms with Crippen LogP contribution in [0.5, 0.6) is 5.75 Å². The third kappa shape index (κ3) is 17.3. The van der Waals surface area contributed by atoms with Crippen LogP contribution in [0.25, 0.3) is 22.3 Å². The summed E-state index contributed by atoms with van der Waals surface area (Å²) in [6, 6.07) is 10.6. The zero-order chi connectivity index (χ0) is 64.3. The predicted octanol–water partition coefficient (Wildman–Crippen LogP) is -0.113. The molecule has 7 rings (SSSR count). The zero-order valence-electron chi connectivity index (χ0n) is 50.8. The van der Waals surface area contributed by atoms with E-state index in [9.17, 15) is 74.4 Å². The molecule has 0 radical (unpaired) electrons. The summed E-state index contributed by atoms with van der Waals surface area (Å²) in [5, 5.41) is 103. The Labute approximate surface area is 512 Å². The normalized spacial score (nSPS) is 27.6. The first kappa shape index (κ1) is 68.2. The number of carbonyl (C=O) groups excluding carboxylic acids is 7. The summed E-state index contributed by atoms with van der Waals surface area (Å²) in [5.74, 6) is -7.98. The van der Waals surface area contributed by atoms with Crippen LogP contribution in [0.15, 0.2) is 96.3 Å². The fraction of sp³-hybridized carbons (Fsp3) is 0.540. The number of carbonyl (C=O) groups is 7. The molecule has 3 fully saturated rings. The molecule has 0 spiro atoms. The Hall–Kier alpha value is -7.33. The Kier molecular flexibility index (Phi) is 23.4. The number of likely N-dealkylation sites (N-methyl/N-ethyl adjacent to an activating group) is 1. The highest BCUT2D eigenvalue weighted by Crippen LogP contribution is 2.30. The van der Waals surface area contributed by atoms with Gasteiger partial charge >= 0.3 is 0 Å². The molecule has 0 unspecified atom stereocenters. The third-order valence-electron chi connectivity index (χ3n) is 16.4. The van der Waals surface area contributed by atoms with E-state index in [4.69, 9.17) is 9.47 Å². The minimum atomic E-state index is -2.24. The Morgan fingerprint density at radius 1 is 0.670 bits per heavy atom. The largest absolute Gasteiger partial charge is 0.512 e. The van der Waals surface area contributed by atoms with E-state index < -0.39 is 152 Å². The van der Waals surface area contributed by atoms with Gasteiger partial charge in [-0.1, -0.05) is 81.3 Å². The molecular formula is C63H87N8O17+. The average Bonchev–Trinajstić information content (AvgIpc) is 2.08. The molecule has 3 aliphatic heterocycles. The second-order valence-corrected chi connectivity index (χ2v) is 24.5. The van der Waals surface area contributed by atoms with Crippen LogP contribution in [0, 0.1) is 5.92 Å². The lowest BCUT2D eigenvalue weighted by molar-refractivity contribution is -0.870. The van der Waals surface area contributed by atoms with Gasteiger partial charge in [0.15, 0.2) is 6.23 Å². The molecule has 480 valence electrons. The number of unbranched alkanes of at least 4 members (excludes halogenated alkanes) is 2. The molecule has 0 saturated carbocycles. The molecule has 0 bridgehead atoms. The van der Waals surface area contributed by atoms with E-state index in [0.717, 1.165) is 70.9 Å². The Balaban J connectivity index is 1.23. The molecule has 3 aromatic rings. The zero-order valence-corrected chi connectivity index (χ0v) is 50.8. The van der Waals surface area contributed by atoms with Crippen molar-refractivity contribution in [2.45, 2.75) is 158 Å². The van der Waals surface area contributed by atoms with Crippen molar-refractivity contribution >= 4 is 41.4 Å². The Morgan fingerprint density at radius 3 is 1.78 bits per heavy atom. The standard InChI is InChI=1S/C63H86N8O17/c1-8-9-10-28-87-45-25-21-40(22-26-45)38-13-11-37(12-14-38)39-15-17-42(18-16-39)56(80)64-46-31-48(76)61(88-29-27-71(5,6)7)68-60(84)52-53(77)34(2)32-70(52)63(86)50(36(4)73)66-59(83)51(55(79)54(78)41-19-23-43(74)24-20-41)67-58(82)47-30-44(75)33-69(47)62(85)49(35(3)72)65-57(46)81/h11-19,21-23,25-26,34-36,44,46-55,61,72-73,75-79H,8-10,20,24,27-33H2,1-7H3,(H5-,64,65,66,67,68,74,80,81,82,83,84)/p+1/t34-,35+,36+,44+,46-,47-,48+,49-,50-,51-,52-,53-,54-,55-,61+/m0/s1. The molecule has 3 heterocycles. The number of hydrogen-bond donors (Lipinski definition) is 13. The lowest BCUT2D eigenvalue weighted by Crippen LogP contribution is -2.65. The highest BCUT2D eigenvalue weighted by molar-refractivity contribution is 6.00. The molecule has 1 aliphatic carbocycles. The number of nitrogens with zero attached hydrogens (tertiary/aromatic N) is 3. The van der Waals surface area contributed by atoms with Crippen molar-refractivity contribution < 1.29 is 88.4 Å². The molecule has 3 saturated heterocycles. The van der Waals surface area contributed by atoms with Crippen molar-refractivity contribution in [3.05, 3.63) is 102 Å². The van der Waals surface area contributed by atoms with Gasteiger partial charge in [0.1, 0.15) is 66.9 Å². The molecular weight excluding hydrogens is 1140 g/mol. The summed E-state index contributed by atoms with van der Waals surface area (Å²) in [4.78, 5) is 104. The number of benzene rings is 3. The van der Waals surface area contributed by atoms with Crippen molar-refractivity contribution in [3.63, 3.8) is 0 Å². The van der Waals surface area contributed by atoms with Crippen molar-refractivity contribution in [1.82, 2.24) is 36.4 Å². The van der Waals surface area contributed by atoms with Gasteiger partial charge in [0, 0.05) is 43.8 Å². The number of quaternary nitrogens is 1. The van der Waals surface area contributed by atoms with Crippen molar-refractivity contribution in [3.8, 4) is 28.0 Å². The summed E-state index contributed by atoms with van der Waals surface area (Å²) in [6.07, 6.45) is -9.82. The fourth-order valence-corrected chi connectivity index (χ4v) is 11.1. The molecule has 13 N–H and O–H groups in total. The molecule has 4 aliphatic rings. The SMILES string of the molecule is CCCCCOc1ccc(-c2ccc(-c3ccc(C(=O)N[C@H]4C[C@@H](O)[C@@H](OCC[N+](C)(C)C)NC(=O)[C@@H]5[C@@H](O)[C@@H](C)CN5C(=O)[C@H]([C@@H](C)O)NC(=O)[C@H]([C@H](O)[C@@H](O)C5=CC=C(O)CC5)NC(=O)[C@@H]5C[C@@H](O)CN5C(=O)[C@H]([C@@H](C)O)NC4=O)cc3)cc2)cc1. The molecule has 88 heavy (non-hydrogen) atoms. The van der Waals surface area contributed by atoms with Crippen LogP contribution in [0.4, 0.5) is 0 Å². The highest BCUT2D eigenvalue weighted by Gasteiger charge is 2.50. The number of nitrogens with one attached hydrogen (secondary N) is 5. The lowest BCUT2D eigenvalue weighted by atomic mass is 9.91. The summed E-state index contributed by atoms with van der Waals surface area (Å²) in [6.45, 7) is 5.85. The first-order chi connectivity index (χ1) is 41.6. The first-order valence-electron chi connectivity index (χ1n) is 30.0. The summed E-state index contributed by atoms with van der Waals surface area (Å²) >= 11 is 0. The predicted molar refractivity (Wildman–Crippen MR) is 321 cm³/mol. The maximum absolute atomic E-state index is 14.8. The van der Waals surface area contributed by atoms with Crippen LogP contribution in [0.2, 0.25) is 0 Å². The van der Waals surface area contributed by atoms with Crippen LogP contribution in [-0.4, -0.2) is 236 Å². The maximum Gasteiger partial charge on any atom is 0.251 e. The molecule has 25 nitrogen and oxygen atoms in total. The molecule has 15 atom stereocenters. The topological polar surface area (TPSA) is 366 Å². The second-order valence-electron chi connectivity index (χ2n) is 24.5. The molecule has 25 heteroatoms. The van der Waals surface area contributed by atoms with E-state index in [2.05, 4.69) is 33.5 Å². The van der Waals surface area contributed by atoms with Crippen LogP contribution in [0.3, 0.4) is 0 Å². The number of hydrogen-bond acceptors (Lipinski definition) is 17. The van der Waals surface area contributed by atoms with E-state index in [1.54, 1.807) is 12.1 Å². The van der Waals surface area contributed by atoms with E-state index >= 15 is 0 Å². The van der Waals surface area contributed by atoms with Gasteiger partial charge in [-0.15, -0.1) is 0 Å². The molecule has 0 aromatic heterocycles. The lowest BCUT2D eigenvalue weighted by Gasteiger charge is -2.34. The van der Waals surface area contributed by atoms with E-state index in [0.29, 0.717) is 17.6 Å². The molecule has 7 amide bonds. The molecule has 3 aromatic carbocycles. The van der Waals surface area contributed by atoms with Gasteiger partial charge in [0.2, 0.25) is 35.4 Å². The minimum Gasteiger partial charge on any atom is -0.512 e. The number of aliphatic hydroxyl groups is 8. The number of aliphatic hydroxyl groups excluding tert-OH is 8. The first-order valence-corrected chi connectivity index (χ1v) is 30.0.